The van der Waals surface area contributed by atoms with E-state index in [1.807, 2.05) is 0 Å². The van der Waals surface area contributed by atoms with Crippen LogP contribution in [0.4, 0.5) is 0 Å². The minimum absolute atomic E-state index is 1.60. The topological polar surface area (TPSA) is 20.2 Å². The summed E-state index contributed by atoms with van der Waals surface area (Å²) in [6.45, 7) is 0. The number of rotatable bonds is 0. The normalized spacial score (nSPS) is 11.0. The van der Waals surface area contributed by atoms with Crippen LogP contribution in [-0.4, -0.2) is 17.4 Å². The Morgan fingerprint density at radius 1 is 2.00 bits per heavy atom. The van der Waals surface area contributed by atoms with Gasteiger partial charge in [-0.1, -0.05) is 0 Å². The van der Waals surface area contributed by atoms with Crippen molar-refractivity contribution in [3.05, 3.63) is 0 Å². The van der Waals surface area contributed by atoms with Crippen molar-refractivity contribution >= 4 is 23.7 Å². The van der Waals surface area contributed by atoms with Crippen molar-refractivity contribution in [1.29, 1.82) is 0 Å². The Kier molecular flexibility index (Phi) is 2.38. The van der Waals surface area contributed by atoms with Crippen molar-refractivity contribution in [2.45, 2.75) is 5.71 Å². The van der Waals surface area contributed by atoms with Crippen LogP contribution in [0.3, 0.4) is 0 Å². The van der Waals surface area contributed by atoms with Gasteiger partial charge in [0.1, 0.15) is 0 Å². The molecule has 0 rings (SSSR count). The third-order valence-electron chi connectivity index (χ3n) is 0. The Labute approximate surface area is 34.0 Å². The predicted octanol–water partition coefficient (Wildman–Crippen LogP) is 0.294. The summed E-state index contributed by atoms with van der Waals surface area (Å²) in [6.07, 6.45) is 0. The average molecular weight is 139 g/mol. The van der Waals surface area contributed by atoms with Crippen molar-refractivity contribution in [2.24, 2.45) is 0 Å². The zero-order valence-corrected chi connectivity index (χ0v) is 5.00. The second-order valence-corrected chi connectivity index (χ2v) is 5.16. The summed E-state index contributed by atoms with van der Waals surface area (Å²) in [5.74, 6) is 0. The molecule has 1 nitrogen and oxygen atoms in total. The van der Waals surface area contributed by atoms with Crippen LogP contribution in [0.5, 0.6) is 0 Å². The van der Waals surface area contributed by atoms with Crippen LogP contribution in [0.15, 0.2) is 0 Å². The molecule has 0 aromatic rings. The van der Waals surface area contributed by atoms with Gasteiger partial charge in [-0.15, -0.1) is 0 Å². The third-order valence-corrected chi connectivity index (χ3v) is 0. The summed E-state index contributed by atoms with van der Waals surface area (Å²) in [6, 6.07) is 0. The van der Waals surface area contributed by atoms with Gasteiger partial charge in [0.25, 0.3) is 0 Å². The van der Waals surface area contributed by atoms with E-state index in [9.17, 15) is 0 Å². The molecule has 1 unspecified atom stereocenters. The molecule has 0 fully saturated rings. The van der Waals surface area contributed by atoms with Crippen molar-refractivity contribution in [1.82, 2.24) is 0 Å². The number of hydrogen-bond acceptors (Lipinski definition) is 1. The van der Waals surface area contributed by atoms with E-state index in [0.29, 0.717) is 0 Å². The van der Waals surface area contributed by atoms with E-state index in [4.69, 9.17) is 4.10 Å². The Hall–Kier alpha value is 0.738. The van der Waals surface area contributed by atoms with E-state index in [2.05, 4.69) is 10.4 Å². The molecule has 4 heavy (non-hydrogen) atoms. The van der Waals surface area contributed by atoms with Crippen LogP contribution in [0.2, 0.25) is 5.71 Å². The predicted molar refractivity (Wildman–Crippen MR) is 21.4 cm³/mol. The molecule has 0 aliphatic rings. The first-order chi connectivity index (χ1) is 1.73. The minimum atomic E-state index is -1.60. The van der Waals surface area contributed by atoms with E-state index in [1.54, 1.807) is 5.71 Å². The van der Waals surface area contributed by atoms with Gasteiger partial charge in [-0.2, -0.15) is 0 Å². The van der Waals surface area contributed by atoms with E-state index in [-0.39, 0.29) is 0 Å². The summed E-state index contributed by atoms with van der Waals surface area (Å²) < 4.78 is 8.02. The van der Waals surface area contributed by atoms with Gasteiger partial charge in [-0.25, -0.2) is 0 Å². The number of hydrogen-bond donors (Lipinski definition) is 1. The first-order valence-electron chi connectivity index (χ1n) is 0.830. The first kappa shape index (κ1) is 4.74. The van der Waals surface area contributed by atoms with Gasteiger partial charge in [0.2, 0.25) is 0 Å². The summed E-state index contributed by atoms with van der Waals surface area (Å²) >= 11 is -1.60. The van der Waals surface area contributed by atoms with Crippen molar-refractivity contribution in [3.63, 3.8) is 0 Å². The Morgan fingerprint density at radius 2 is 2.00 bits per heavy atom. The van der Waals surface area contributed by atoms with Gasteiger partial charge in [-0.05, 0) is 0 Å². The van der Waals surface area contributed by atoms with Gasteiger partial charge in [0.15, 0.2) is 0 Å². The maximum absolute atomic E-state index is 8.02. The Morgan fingerprint density at radius 3 is 2.00 bits per heavy atom. The van der Waals surface area contributed by atoms with Crippen LogP contribution in [0.1, 0.15) is 0 Å². The molecule has 1 atom stereocenters. The molecular formula is CH4AsOS. The van der Waals surface area contributed by atoms with Crippen LogP contribution in [-0.2, 0) is 0 Å². The molecular weight excluding hydrogens is 135 g/mol. The van der Waals surface area contributed by atoms with Gasteiger partial charge < -0.3 is 0 Å². The standard InChI is InChI=1S/CH4AsOS/c1-2(3)4/h1H3,(H,3,4). The summed E-state index contributed by atoms with van der Waals surface area (Å²) in [5.41, 5.74) is 1.68. The van der Waals surface area contributed by atoms with E-state index < -0.39 is 13.3 Å². The molecule has 0 spiro atoms. The van der Waals surface area contributed by atoms with Crippen LogP contribution >= 0.6 is 10.4 Å². The molecule has 0 heterocycles. The van der Waals surface area contributed by atoms with Crippen molar-refractivity contribution < 1.29 is 4.10 Å². The van der Waals surface area contributed by atoms with Crippen LogP contribution in [0.25, 0.3) is 0 Å². The van der Waals surface area contributed by atoms with Crippen molar-refractivity contribution in [2.75, 3.05) is 0 Å². The molecule has 0 aliphatic carbocycles. The first-order valence-corrected chi connectivity index (χ1v) is 6.21. The fourth-order valence-electron chi connectivity index (χ4n) is 0. The summed E-state index contributed by atoms with van der Waals surface area (Å²) in [5, 5.41) is 0. The second-order valence-electron chi connectivity index (χ2n) is 0.464. The van der Waals surface area contributed by atoms with Crippen LogP contribution in [0, 0.1) is 0 Å². The second kappa shape index (κ2) is 2.01. The molecule has 3 heteroatoms. The molecule has 0 bridgehead atoms. The Balaban J connectivity index is 2.80. The molecule has 1 radical (unpaired) electrons. The molecule has 0 aromatic carbocycles. The molecule has 1 N–H and O–H groups in total. The molecule has 0 aromatic heterocycles. The van der Waals surface area contributed by atoms with Gasteiger partial charge >= 0.3 is 33.5 Å². The maximum atomic E-state index is 8.02. The van der Waals surface area contributed by atoms with Gasteiger partial charge in [-0.3, -0.25) is 0 Å². The van der Waals surface area contributed by atoms with Crippen LogP contribution < -0.4 is 0 Å². The molecule has 0 amide bonds. The molecule has 25 valence electrons. The van der Waals surface area contributed by atoms with Crippen molar-refractivity contribution in [3.8, 4) is 0 Å². The van der Waals surface area contributed by atoms with Gasteiger partial charge in [0.05, 0.1) is 0 Å². The third kappa shape index (κ3) is 15.2. The fourth-order valence-corrected chi connectivity index (χ4v) is 0. The monoisotopic (exact) mass is 139 g/mol. The fraction of sp³-hybridized carbons (Fsp3) is 1.00. The average Bonchev–Trinajstić information content (AvgIpc) is 0.811. The molecule has 0 saturated carbocycles. The quantitative estimate of drug-likeness (QED) is 0.487. The Bertz CT molecular complexity index is 31.0. The molecule has 0 aliphatic heterocycles. The van der Waals surface area contributed by atoms with E-state index in [0.717, 1.165) is 0 Å². The zero-order chi connectivity index (χ0) is 3.58. The SMILES string of the molecule is C[As](O)=S. The van der Waals surface area contributed by atoms with E-state index >= 15 is 0 Å². The molecule has 0 saturated heterocycles. The van der Waals surface area contributed by atoms with E-state index in [1.165, 1.54) is 0 Å². The van der Waals surface area contributed by atoms with Gasteiger partial charge in [0, 0.05) is 0 Å². The summed E-state index contributed by atoms with van der Waals surface area (Å²) in [4.78, 5) is 0. The summed E-state index contributed by atoms with van der Waals surface area (Å²) in [7, 11) is 4.32. The zero-order valence-electron chi connectivity index (χ0n) is 2.30.